The molecule has 0 radical (unpaired) electrons. The summed E-state index contributed by atoms with van der Waals surface area (Å²) < 4.78 is 11.0. The first-order valence-electron chi connectivity index (χ1n) is 7.73. The highest BCUT2D eigenvalue weighted by Crippen LogP contribution is 2.30. The normalized spacial score (nSPS) is 11.8. The molecule has 1 amide bonds. The van der Waals surface area contributed by atoms with E-state index in [9.17, 15) is 4.79 Å². The van der Waals surface area contributed by atoms with Gasteiger partial charge < -0.3 is 14.8 Å². The first-order valence-corrected chi connectivity index (χ1v) is 8.54. The number of rotatable bonds is 7. The number of thiophene rings is 1. The molecule has 1 atom stereocenters. The summed E-state index contributed by atoms with van der Waals surface area (Å²) in [5.41, 5.74) is 0.979. The molecule has 2 rings (SSSR count). The van der Waals surface area contributed by atoms with E-state index in [0.29, 0.717) is 12.4 Å². The molecule has 0 unspecified atom stereocenters. The Bertz CT molecular complexity index is 666. The molecule has 23 heavy (non-hydrogen) atoms. The van der Waals surface area contributed by atoms with E-state index >= 15 is 0 Å². The number of carbonyl (C=O) groups excluding carboxylic acids is 1. The second kappa shape index (κ2) is 8.02. The van der Waals surface area contributed by atoms with E-state index < -0.39 is 0 Å². The molecule has 0 aliphatic rings. The van der Waals surface area contributed by atoms with Crippen LogP contribution in [-0.2, 0) is 0 Å². The van der Waals surface area contributed by atoms with Crippen molar-refractivity contribution in [1.29, 1.82) is 0 Å². The molecule has 5 heteroatoms. The second-order valence-electron chi connectivity index (χ2n) is 5.36. The van der Waals surface area contributed by atoms with E-state index in [1.54, 1.807) is 7.11 Å². The van der Waals surface area contributed by atoms with Gasteiger partial charge in [0.15, 0.2) is 11.5 Å². The number of nitrogens with one attached hydrogen (secondary N) is 1. The van der Waals surface area contributed by atoms with Crippen LogP contribution in [0, 0.1) is 6.92 Å². The van der Waals surface area contributed by atoms with Crippen LogP contribution in [0.4, 0.5) is 0 Å². The third-order valence-electron chi connectivity index (χ3n) is 3.46. The number of hydrogen-bond acceptors (Lipinski definition) is 4. The highest BCUT2D eigenvalue weighted by atomic mass is 32.1. The van der Waals surface area contributed by atoms with Crippen molar-refractivity contribution in [3.8, 4) is 11.5 Å². The third kappa shape index (κ3) is 4.48. The number of aryl methyl sites for hydroxylation is 1. The summed E-state index contributed by atoms with van der Waals surface area (Å²) in [6.45, 7) is 6.66. The monoisotopic (exact) mass is 333 g/mol. The Labute approximate surface area is 141 Å². The zero-order chi connectivity index (χ0) is 16.8. The summed E-state index contributed by atoms with van der Waals surface area (Å²) in [6.07, 6.45) is 0.942. The van der Waals surface area contributed by atoms with Gasteiger partial charge in [0, 0.05) is 4.88 Å². The minimum Gasteiger partial charge on any atom is -0.493 e. The second-order valence-corrected chi connectivity index (χ2v) is 6.65. The van der Waals surface area contributed by atoms with Gasteiger partial charge in [-0.2, -0.15) is 0 Å². The Morgan fingerprint density at radius 2 is 2.04 bits per heavy atom. The van der Waals surface area contributed by atoms with Crippen LogP contribution in [0.25, 0.3) is 0 Å². The van der Waals surface area contributed by atoms with E-state index in [1.165, 1.54) is 11.3 Å². The van der Waals surface area contributed by atoms with Gasteiger partial charge in [0.2, 0.25) is 0 Å². The Kier molecular flexibility index (Phi) is 6.04. The standard InChI is InChI=1S/C18H23NO3S/c1-5-10-22-15-8-7-14(11-16(15)21-4)13(3)19-18(20)17-9-6-12(2)23-17/h6-9,11,13H,5,10H2,1-4H3,(H,19,20)/t13-/m0/s1. The molecule has 1 aromatic heterocycles. The molecule has 0 saturated heterocycles. The van der Waals surface area contributed by atoms with Gasteiger partial charge in [-0.3, -0.25) is 4.79 Å². The fourth-order valence-corrected chi connectivity index (χ4v) is 2.96. The topological polar surface area (TPSA) is 47.6 Å². The van der Waals surface area contributed by atoms with Crippen LogP contribution in [-0.4, -0.2) is 19.6 Å². The van der Waals surface area contributed by atoms with Crippen LogP contribution in [0.2, 0.25) is 0 Å². The van der Waals surface area contributed by atoms with Crippen LogP contribution in [0.5, 0.6) is 11.5 Å². The number of benzene rings is 1. The average molecular weight is 333 g/mol. The maximum atomic E-state index is 12.2. The first kappa shape index (κ1) is 17.3. The molecule has 0 saturated carbocycles. The van der Waals surface area contributed by atoms with E-state index in [4.69, 9.17) is 9.47 Å². The van der Waals surface area contributed by atoms with Crippen molar-refractivity contribution in [2.75, 3.05) is 13.7 Å². The number of amides is 1. The Hall–Kier alpha value is -2.01. The zero-order valence-corrected chi connectivity index (χ0v) is 14.8. The molecule has 0 spiro atoms. The maximum Gasteiger partial charge on any atom is 0.261 e. The van der Waals surface area contributed by atoms with Gasteiger partial charge in [-0.1, -0.05) is 13.0 Å². The van der Waals surface area contributed by atoms with Crippen LogP contribution >= 0.6 is 11.3 Å². The predicted octanol–water partition coefficient (Wildman–Crippen LogP) is 4.34. The first-order chi connectivity index (χ1) is 11.0. The molecular formula is C18H23NO3S. The lowest BCUT2D eigenvalue weighted by Crippen LogP contribution is -2.25. The maximum absolute atomic E-state index is 12.2. The molecular weight excluding hydrogens is 310 g/mol. The average Bonchev–Trinajstić information content (AvgIpc) is 2.99. The third-order valence-corrected chi connectivity index (χ3v) is 4.46. The number of ether oxygens (including phenoxy) is 2. The SMILES string of the molecule is CCCOc1ccc([C@H](C)NC(=O)c2ccc(C)s2)cc1OC. The summed E-state index contributed by atoms with van der Waals surface area (Å²) in [4.78, 5) is 14.1. The van der Waals surface area contributed by atoms with Gasteiger partial charge in [-0.15, -0.1) is 11.3 Å². The molecule has 0 fully saturated rings. The van der Waals surface area contributed by atoms with Gasteiger partial charge >= 0.3 is 0 Å². The minimum atomic E-state index is -0.112. The van der Waals surface area contributed by atoms with Gasteiger partial charge in [0.25, 0.3) is 5.91 Å². The van der Waals surface area contributed by atoms with Crippen LogP contribution < -0.4 is 14.8 Å². The van der Waals surface area contributed by atoms with E-state index in [0.717, 1.165) is 27.5 Å². The smallest absolute Gasteiger partial charge is 0.261 e. The molecule has 1 N–H and O–H groups in total. The van der Waals surface area contributed by atoms with Crippen molar-refractivity contribution in [1.82, 2.24) is 5.32 Å². The number of hydrogen-bond donors (Lipinski definition) is 1. The van der Waals surface area contributed by atoms with Crippen LogP contribution in [0.15, 0.2) is 30.3 Å². The lowest BCUT2D eigenvalue weighted by atomic mass is 10.1. The Morgan fingerprint density at radius 3 is 2.65 bits per heavy atom. The molecule has 1 aromatic carbocycles. The van der Waals surface area contributed by atoms with Crippen molar-refractivity contribution < 1.29 is 14.3 Å². The minimum absolute atomic E-state index is 0.0547. The Balaban J connectivity index is 2.09. The summed E-state index contributed by atoms with van der Waals surface area (Å²) >= 11 is 1.50. The van der Waals surface area contributed by atoms with E-state index in [-0.39, 0.29) is 11.9 Å². The molecule has 4 nitrogen and oxygen atoms in total. The molecule has 2 aromatic rings. The molecule has 0 bridgehead atoms. The van der Waals surface area contributed by atoms with Gasteiger partial charge in [0.1, 0.15) is 0 Å². The largest absolute Gasteiger partial charge is 0.493 e. The van der Waals surface area contributed by atoms with Crippen molar-refractivity contribution in [2.45, 2.75) is 33.2 Å². The van der Waals surface area contributed by atoms with Gasteiger partial charge in [0.05, 0.1) is 24.6 Å². The molecule has 0 aliphatic heterocycles. The van der Waals surface area contributed by atoms with Crippen molar-refractivity contribution >= 4 is 17.2 Å². The highest BCUT2D eigenvalue weighted by Gasteiger charge is 2.15. The summed E-state index contributed by atoms with van der Waals surface area (Å²) in [7, 11) is 1.62. The Morgan fingerprint density at radius 1 is 1.26 bits per heavy atom. The fraction of sp³-hybridized carbons (Fsp3) is 0.389. The van der Waals surface area contributed by atoms with Crippen molar-refractivity contribution in [3.63, 3.8) is 0 Å². The van der Waals surface area contributed by atoms with Gasteiger partial charge in [-0.05, 0) is 50.1 Å². The van der Waals surface area contributed by atoms with E-state index in [1.807, 2.05) is 44.2 Å². The van der Waals surface area contributed by atoms with Gasteiger partial charge in [-0.25, -0.2) is 0 Å². The van der Waals surface area contributed by atoms with Crippen molar-refractivity contribution in [2.24, 2.45) is 0 Å². The summed E-state index contributed by atoms with van der Waals surface area (Å²) in [6, 6.07) is 9.45. The molecule has 1 heterocycles. The quantitative estimate of drug-likeness (QED) is 0.819. The van der Waals surface area contributed by atoms with Crippen molar-refractivity contribution in [3.05, 3.63) is 45.6 Å². The predicted molar refractivity (Wildman–Crippen MR) is 93.7 cm³/mol. The van der Waals surface area contributed by atoms with Crippen LogP contribution in [0.3, 0.4) is 0 Å². The number of methoxy groups -OCH3 is 1. The fourth-order valence-electron chi connectivity index (χ4n) is 2.19. The lowest BCUT2D eigenvalue weighted by molar-refractivity contribution is 0.0944. The van der Waals surface area contributed by atoms with E-state index in [2.05, 4.69) is 12.2 Å². The molecule has 124 valence electrons. The lowest BCUT2D eigenvalue weighted by Gasteiger charge is -2.17. The number of carbonyl (C=O) groups is 1. The summed E-state index contributed by atoms with van der Waals surface area (Å²) in [5.74, 6) is 1.36. The van der Waals surface area contributed by atoms with Crippen LogP contribution in [0.1, 0.15) is 46.4 Å². The summed E-state index contributed by atoms with van der Waals surface area (Å²) in [5, 5.41) is 3.01. The zero-order valence-electron chi connectivity index (χ0n) is 14.0. The molecule has 0 aliphatic carbocycles. The highest BCUT2D eigenvalue weighted by molar-refractivity contribution is 7.13.